The van der Waals surface area contributed by atoms with Crippen molar-refractivity contribution in [2.45, 2.75) is 65.0 Å². The van der Waals surface area contributed by atoms with Crippen LogP contribution in [0, 0.1) is 5.92 Å². The van der Waals surface area contributed by atoms with Crippen LogP contribution in [0.1, 0.15) is 63.0 Å². The molecular weight excluding hydrogens is 622 g/mol. The number of ether oxygens (including phenoxy) is 3. The van der Waals surface area contributed by atoms with Crippen molar-refractivity contribution in [3.05, 3.63) is 75.7 Å². The van der Waals surface area contributed by atoms with Gasteiger partial charge in [0.1, 0.15) is 11.9 Å². The van der Waals surface area contributed by atoms with Gasteiger partial charge in [-0.15, -0.1) is 0 Å². The number of benzene rings is 2. The number of rotatable bonds is 13. The number of aryl methyl sites for hydroxylation is 3. The van der Waals surface area contributed by atoms with Crippen molar-refractivity contribution in [2.24, 2.45) is 13.0 Å². The maximum atomic E-state index is 13.9. The van der Waals surface area contributed by atoms with Gasteiger partial charge in [-0.2, -0.15) is 0 Å². The number of carbonyl (C=O) groups excluding carboxylic acids is 2. The Morgan fingerprint density at radius 2 is 1.80 bits per heavy atom. The van der Waals surface area contributed by atoms with Crippen LogP contribution < -0.4 is 35.6 Å². The van der Waals surface area contributed by atoms with E-state index in [2.05, 4.69) is 20.5 Å². The van der Waals surface area contributed by atoms with Gasteiger partial charge >= 0.3 is 0 Å². The molecule has 0 aliphatic heterocycles. The largest absolute Gasteiger partial charge is 0.493 e. The topological polar surface area (TPSA) is 133 Å². The predicted molar refractivity (Wildman–Crippen MR) is 192 cm³/mol. The summed E-state index contributed by atoms with van der Waals surface area (Å²) in [7, 11) is 6.69. The monoisotopic (exact) mass is 669 g/mol. The van der Waals surface area contributed by atoms with Crippen LogP contribution in [-0.4, -0.2) is 55.3 Å². The molecule has 49 heavy (non-hydrogen) atoms. The van der Waals surface area contributed by atoms with Gasteiger partial charge in [0.2, 0.25) is 23.0 Å². The Hall–Kier alpha value is -5.06. The van der Waals surface area contributed by atoms with E-state index in [0.717, 1.165) is 46.4 Å². The fourth-order valence-electron chi connectivity index (χ4n) is 6.68. The second-order valence-corrected chi connectivity index (χ2v) is 12.6. The first-order valence-electron chi connectivity index (χ1n) is 16.8. The number of fused-ring (bicyclic) bond motifs is 4. The Balaban J connectivity index is 1.45. The van der Waals surface area contributed by atoms with E-state index in [9.17, 15) is 14.4 Å². The van der Waals surface area contributed by atoms with E-state index in [0.29, 0.717) is 48.6 Å². The number of para-hydroxylation sites is 2. The molecule has 11 nitrogen and oxygen atoms in total. The molecule has 0 saturated heterocycles. The number of anilines is 1. The van der Waals surface area contributed by atoms with Crippen molar-refractivity contribution in [2.75, 3.05) is 33.2 Å². The predicted octanol–water partition coefficient (Wildman–Crippen LogP) is 5.33. The highest BCUT2D eigenvalue weighted by molar-refractivity contribution is 5.86. The van der Waals surface area contributed by atoms with E-state index in [-0.39, 0.29) is 28.8 Å². The van der Waals surface area contributed by atoms with Gasteiger partial charge in [0, 0.05) is 32.5 Å². The molecule has 260 valence electrons. The Kier molecular flexibility index (Phi) is 11.1. The molecule has 2 amide bonds. The minimum atomic E-state index is -0.645. The fraction of sp³-hybridized carbons (Fsp3) is 0.421. The number of hydrogen-bond donors (Lipinski definition) is 3. The summed E-state index contributed by atoms with van der Waals surface area (Å²) in [4.78, 5) is 44.6. The first-order chi connectivity index (χ1) is 23.6. The molecule has 5 rings (SSSR count). The lowest BCUT2D eigenvalue weighted by atomic mass is 9.95. The van der Waals surface area contributed by atoms with Gasteiger partial charge in [-0.25, -0.2) is 4.98 Å². The maximum Gasteiger partial charge on any atom is 0.242 e. The number of hydrogen-bond acceptors (Lipinski definition) is 8. The number of methoxy groups -OCH3 is 3. The highest BCUT2D eigenvalue weighted by Crippen LogP contribution is 2.50. The van der Waals surface area contributed by atoms with Gasteiger partial charge in [0.25, 0.3) is 0 Å². The Morgan fingerprint density at radius 3 is 2.47 bits per heavy atom. The highest BCUT2D eigenvalue weighted by atomic mass is 16.5. The van der Waals surface area contributed by atoms with Crippen LogP contribution in [0.25, 0.3) is 22.2 Å². The van der Waals surface area contributed by atoms with Gasteiger partial charge in [-0.05, 0) is 72.2 Å². The smallest absolute Gasteiger partial charge is 0.242 e. The maximum absolute atomic E-state index is 13.9. The normalized spacial score (nSPS) is 14.9. The fourth-order valence-corrected chi connectivity index (χ4v) is 6.68. The van der Waals surface area contributed by atoms with E-state index in [1.807, 2.05) is 57.3 Å². The van der Waals surface area contributed by atoms with Crippen LogP contribution in [0.5, 0.6) is 17.2 Å². The van der Waals surface area contributed by atoms with Crippen molar-refractivity contribution < 1.29 is 23.8 Å². The van der Waals surface area contributed by atoms with E-state index >= 15 is 0 Å². The van der Waals surface area contributed by atoms with Crippen molar-refractivity contribution in [3.8, 4) is 28.4 Å². The number of amides is 2. The summed E-state index contributed by atoms with van der Waals surface area (Å²) in [6, 6.07) is 14.0. The number of carbonyl (C=O) groups is 2. The van der Waals surface area contributed by atoms with Crippen LogP contribution in [0.2, 0.25) is 0 Å². The molecule has 3 atom stereocenters. The summed E-state index contributed by atoms with van der Waals surface area (Å²) in [5.74, 6) is 1.96. The van der Waals surface area contributed by atoms with Crippen LogP contribution >= 0.6 is 0 Å². The zero-order chi connectivity index (χ0) is 35.2. The average Bonchev–Trinajstić information content (AvgIpc) is 3.23. The van der Waals surface area contributed by atoms with Crippen molar-refractivity contribution in [1.82, 2.24) is 20.2 Å². The zero-order valence-electron chi connectivity index (χ0n) is 29.4. The Morgan fingerprint density at radius 1 is 1.04 bits per heavy atom. The quantitative estimate of drug-likeness (QED) is 0.163. The van der Waals surface area contributed by atoms with Crippen LogP contribution in [0.3, 0.4) is 0 Å². The molecule has 3 N–H and O–H groups in total. The second kappa shape index (κ2) is 15.4. The number of nitrogens with one attached hydrogen (secondary N) is 3. The summed E-state index contributed by atoms with van der Waals surface area (Å²) in [6.07, 6.45) is 3.31. The molecule has 0 fully saturated rings. The molecule has 1 aromatic heterocycles. The van der Waals surface area contributed by atoms with E-state index < -0.39 is 12.1 Å². The Labute approximate surface area is 287 Å². The summed E-state index contributed by atoms with van der Waals surface area (Å²) in [6.45, 7) is 5.95. The number of aromatic nitrogens is 2. The van der Waals surface area contributed by atoms with E-state index in [1.165, 1.54) is 6.92 Å². The molecule has 4 aromatic rings. The van der Waals surface area contributed by atoms with E-state index in [4.69, 9.17) is 19.2 Å². The minimum Gasteiger partial charge on any atom is -0.493 e. The second-order valence-electron chi connectivity index (χ2n) is 12.6. The van der Waals surface area contributed by atoms with Gasteiger partial charge in [-0.1, -0.05) is 38.5 Å². The first-order valence-corrected chi connectivity index (χ1v) is 16.8. The van der Waals surface area contributed by atoms with Gasteiger partial charge in [0.15, 0.2) is 11.5 Å². The average molecular weight is 670 g/mol. The highest BCUT2D eigenvalue weighted by Gasteiger charge is 2.30. The molecule has 1 aliphatic carbocycles. The summed E-state index contributed by atoms with van der Waals surface area (Å²) >= 11 is 0. The minimum absolute atomic E-state index is 0.0627. The molecule has 3 aromatic carbocycles. The standard InChI is InChI=1S/C38H47N5O6/c1-8-22(2)35(38(46)39-19-11-14-33-41-28-12-9-10-13-30(28)43(33)4)42-29-18-16-25-26(21-31(29)45)27(40-23(3)44)17-15-24-20-32(47-5)36(48-6)37(49-7)34(24)25/h9-10,12-13,16,18,20-22,27,35H,8,11,14-15,17,19H2,1-7H3,(H,39,46)(H,40,44)(H,42,45). The number of nitrogens with zero attached hydrogens (tertiary/aromatic N) is 2. The van der Waals surface area contributed by atoms with Gasteiger partial charge < -0.3 is 34.7 Å². The lowest BCUT2D eigenvalue weighted by molar-refractivity contribution is -0.123. The van der Waals surface area contributed by atoms with Gasteiger partial charge in [0.05, 0.1) is 44.1 Å². The molecule has 0 saturated carbocycles. The Bertz CT molecular complexity index is 1900. The first kappa shape index (κ1) is 35.3. The van der Waals surface area contributed by atoms with Gasteiger partial charge in [-0.3, -0.25) is 14.4 Å². The molecule has 3 unspecified atom stereocenters. The molecule has 1 heterocycles. The third-order valence-electron chi connectivity index (χ3n) is 9.48. The molecule has 0 bridgehead atoms. The molecule has 0 radical (unpaired) electrons. The van der Waals surface area contributed by atoms with Crippen LogP contribution in [-0.2, 0) is 29.5 Å². The summed E-state index contributed by atoms with van der Waals surface area (Å²) < 4.78 is 19.3. The van der Waals surface area contributed by atoms with Crippen molar-refractivity contribution in [3.63, 3.8) is 0 Å². The van der Waals surface area contributed by atoms with Crippen molar-refractivity contribution in [1.29, 1.82) is 0 Å². The van der Waals surface area contributed by atoms with Crippen molar-refractivity contribution >= 4 is 28.5 Å². The zero-order valence-corrected chi connectivity index (χ0v) is 29.4. The SMILES string of the molecule is CCC(C)C(Nc1ccc2c(cc1=O)C(NC(C)=O)CCc1cc(OC)c(OC)c(OC)c1-2)C(=O)NCCCc1nc2ccccc2n1C. The molecule has 0 spiro atoms. The van der Waals surface area contributed by atoms with E-state index in [1.54, 1.807) is 33.5 Å². The lowest BCUT2D eigenvalue weighted by Gasteiger charge is -2.24. The van der Waals surface area contributed by atoms with Crippen LogP contribution in [0.15, 0.2) is 53.3 Å². The van der Waals surface area contributed by atoms with Crippen LogP contribution in [0.4, 0.5) is 5.69 Å². The lowest BCUT2D eigenvalue weighted by Crippen LogP contribution is -2.44. The summed E-state index contributed by atoms with van der Waals surface area (Å²) in [5, 5.41) is 9.40. The number of imidazole rings is 1. The third kappa shape index (κ3) is 7.35. The molecular formula is C38H47N5O6. The summed E-state index contributed by atoms with van der Waals surface area (Å²) in [5.41, 5.74) is 5.11. The third-order valence-corrected chi connectivity index (χ3v) is 9.48. The molecule has 11 heteroatoms. The molecule has 1 aliphatic rings.